The van der Waals surface area contributed by atoms with Gasteiger partial charge >= 0.3 is 6.09 Å². The maximum Gasteiger partial charge on any atom is 0.412 e. The Bertz CT molecular complexity index is 1180. The van der Waals surface area contributed by atoms with E-state index in [1.165, 1.54) is 36.5 Å². The van der Waals surface area contributed by atoms with Crippen molar-refractivity contribution in [2.75, 3.05) is 25.1 Å². The van der Waals surface area contributed by atoms with Crippen molar-refractivity contribution in [3.8, 4) is 0 Å². The van der Waals surface area contributed by atoms with Crippen LogP contribution in [0.3, 0.4) is 0 Å². The van der Waals surface area contributed by atoms with E-state index < -0.39 is 23.8 Å². The fourth-order valence-corrected chi connectivity index (χ4v) is 3.50. The lowest BCUT2D eigenvalue weighted by Gasteiger charge is -2.19. The maximum absolute atomic E-state index is 13.5. The second-order valence-corrected chi connectivity index (χ2v) is 8.11. The number of rotatable bonds is 11. The zero-order chi connectivity index (χ0) is 25.2. The van der Waals surface area contributed by atoms with Gasteiger partial charge in [-0.3, -0.25) is 10.1 Å². The molecule has 0 spiro atoms. The third kappa shape index (κ3) is 8.13. The number of anilines is 1. The number of aliphatic hydroxyl groups excluding tert-OH is 1. The predicted molar refractivity (Wildman–Crippen MR) is 128 cm³/mol. The molecule has 0 saturated carbocycles. The van der Waals surface area contributed by atoms with Gasteiger partial charge in [0.15, 0.2) is 0 Å². The second kappa shape index (κ2) is 12.9. The molecule has 3 rings (SSSR count). The molecule has 0 unspecified atom stereocenters. The first-order chi connectivity index (χ1) is 16.9. The summed E-state index contributed by atoms with van der Waals surface area (Å²) in [6.07, 6.45) is 1.47. The second-order valence-electron chi connectivity index (χ2n) is 7.73. The summed E-state index contributed by atoms with van der Waals surface area (Å²) in [6, 6.07) is 9.61. The summed E-state index contributed by atoms with van der Waals surface area (Å²) in [5.74, 6) is -1.14. The number of benzene rings is 2. The minimum Gasteiger partial charge on any atom is -0.447 e. The highest BCUT2D eigenvalue weighted by Gasteiger charge is 2.16. The Balaban J connectivity index is 1.48. The highest BCUT2D eigenvalue weighted by molar-refractivity contribution is 6.31. The number of aliphatic hydroxyl groups is 1. The first kappa shape index (κ1) is 26.3. The van der Waals surface area contributed by atoms with Crippen molar-refractivity contribution in [2.24, 2.45) is 0 Å². The Morgan fingerprint density at radius 1 is 1.14 bits per heavy atom. The Morgan fingerprint density at radius 3 is 2.77 bits per heavy atom. The standard InChI is InChI=1S/C24H25ClF2N4O4/c25-23-16(3-1-5-20(23)27)11-28-13-22(33)30-19(4-2-8-32)14-35-24(34)31-21-10-17-9-18(26)7-6-15(17)12-29-21/h1,3,5-7,9-10,12,19,28,32H,2,4,8,11,13-14H2,(H,30,33)(H,29,31,34)/t19-/m0/s1. The summed E-state index contributed by atoms with van der Waals surface area (Å²) < 4.78 is 32.1. The maximum atomic E-state index is 13.5. The molecule has 0 radical (unpaired) electrons. The number of nitrogens with one attached hydrogen (secondary N) is 3. The Hall–Kier alpha value is -3.34. The topological polar surface area (TPSA) is 113 Å². The van der Waals surface area contributed by atoms with E-state index in [-0.39, 0.29) is 43.1 Å². The number of ether oxygens (including phenoxy) is 1. The number of halogens is 3. The van der Waals surface area contributed by atoms with Crippen LogP contribution in [-0.2, 0) is 16.1 Å². The van der Waals surface area contributed by atoms with E-state index in [9.17, 15) is 18.4 Å². The van der Waals surface area contributed by atoms with Crippen LogP contribution in [0.4, 0.5) is 19.4 Å². The Morgan fingerprint density at radius 2 is 1.97 bits per heavy atom. The molecule has 11 heteroatoms. The third-order valence-corrected chi connectivity index (χ3v) is 5.46. The number of pyridine rings is 1. The molecular weight excluding hydrogens is 482 g/mol. The lowest BCUT2D eigenvalue weighted by Crippen LogP contribution is -2.43. The summed E-state index contributed by atoms with van der Waals surface area (Å²) >= 11 is 5.90. The van der Waals surface area contributed by atoms with Gasteiger partial charge in [0.2, 0.25) is 5.91 Å². The molecule has 3 aromatic rings. The smallest absolute Gasteiger partial charge is 0.412 e. The van der Waals surface area contributed by atoms with Crippen molar-refractivity contribution in [3.05, 3.63) is 70.9 Å². The molecule has 8 nitrogen and oxygen atoms in total. The van der Waals surface area contributed by atoms with Gasteiger partial charge in [-0.25, -0.2) is 18.6 Å². The number of aromatic nitrogens is 1. The Kier molecular flexibility index (Phi) is 9.71. The molecule has 2 amide bonds. The van der Waals surface area contributed by atoms with Crippen LogP contribution in [0.5, 0.6) is 0 Å². The molecule has 0 saturated heterocycles. The Labute approximate surface area is 205 Å². The van der Waals surface area contributed by atoms with Crippen LogP contribution in [0.2, 0.25) is 5.02 Å². The van der Waals surface area contributed by atoms with Gasteiger partial charge in [0, 0.05) is 24.7 Å². The number of fused-ring (bicyclic) bond motifs is 1. The van der Waals surface area contributed by atoms with E-state index in [0.29, 0.717) is 29.2 Å². The fourth-order valence-electron chi connectivity index (χ4n) is 3.31. The summed E-state index contributed by atoms with van der Waals surface area (Å²) in [7, 11) is 0. The molecule has 0 aliphatic rings. The van der Waals surface area contributed by atoms with Crippen molar-refractivity contribution in [3.63, 3.8) is 0 Å². The summed E-state index contributed by atoms with van der Waals surface area (Å²) in [6.45, 7) is -0.124. The van der Waals surface area contributed by atoms with Crippen LogP contribution in [0, 0.1) is 11.6 Å². The first-order valence-electron chi connectivity index (χ1n) is 10.9. The number of carbonyl (C=O) groups is 2. The van der Waals surface area contributed by atoms with Gasteiger partial charge in [0.05, 0.1) is 17.6 Å². The van der Waals surface area contributed by atoms with E-state index in [1.807, 2.05) is 0 Å². The molecule has 0 aliphatic carbocycles. The van der Waals surface area contributed by atoms with Gasteiger partial charge in [-0.1, -0.05) is 23.7 Å². The zero-order valence-corrected chi connectivity index (χ0v) is 19.4. The molecular formula is C24H25ClF2N4O4. The van der Waals surface area contributed by atoms with Crippen molar-refractivity contribution in [1.29, 1.82) is 0 Å². The van der Waals surface area contributed by atoms with Gasteiger partial charge in [0.1, 0.15) is 24.1 Å². The molecule has 0 aliphatic heterocycles. The molecule has 1 atom stereocenters. The number of hydrogen-bond acceptors (Lipinski definition) is 6. The largest absolute Gasteiger partial charge is 0.447 e. The first-order valence-corrected chi connectivity index (χ1v) is 11.3. The molecule has 1 aromatic heterocycles. The average molecular weight is 507 g/mol. The quantitative estimate of drug-likeness (QED) is 0.315. The van der Waals surface area contributed by atoms with Crippen molar-refractivity contribution in [2.45, 2.75) is 25.4 Å². The highest BCUT2D eigenvalue weighted by Crippen LogP contribution is 2.19. The van der Waals surface area contributed by atoms with Gasteiger partial charge < -0.3 is 20.5 Å². The van der Waals surface area contributed by atoms with Crippen molar-refractivity contribution in [1.82, 2.24) is 15.6 Å². The number of nitrogens with zero attached hydrogens (tertiary/aromatic N) is 1. The monoisotopic (exact) mass is 506 g/mol. The molecule has 4 N–H and O–H groups in total. The molecule has 0 fully saturated rings. The average Bonchev–Trinajstić information content (AvgIpc) is 2.83. The highest BCUT2D eigenvalue weighted by atomic mass is 35.5. The van der Waals surface area contributed by atoms with Crippen LogP contribution in [0.1, 0.15) is 18.4 Å². The van der Waals surface area contributed by atoms with Gasteiger partial charge in [-0.05, 0) is 54.1 Å². The van der Waals surface area contributed by atoms with Crippen LogP contribution in [0.25, 0.3) is 10.8 Å². The summed E-state index contributed by atoms with van der Waals surface area (Å²) in [4.78, 5) is 28.6. The molecule has 35 heavy (non-hydrogen) atoms. The molecule has 0 bridgehead atoms. The normalized spacial score (nSPS) is 11.8. The fraction of sp³-hybridized carbons (Fsp3) is 0.292. The summed E-state index contributed by atoms with van der Waals surface area (Å²) in [5, 5.41) is 18.5. The van der Waals surface area contributed by atoms with Gasteiger partial charge in [-0.2, -0.15) is 0 Å². The molecule has 186 valence electrons. The minimum absolute atomic E-state index is 0.00770. The number of hydrogen-bond donors (Lipinski definition) is 4. The van der Waals surface area contributed by atoms with Gasteiger partial charge in [0.25, 0.3) is 0 Å². The van der Waals surface area contributed by atoms with Crippen LogP contribution >= 0.6 is 11.6 Å². The lowest BCUT2D eigenvalue weighted by atomic mass is 10.1. The van der Waals surface area contributed by atoms with E-state index in [4.69, 9.17) is 21.4 Å². The lowest BCUT2D eigenvalue weighted by molar-refractivity contribution is -0.121. The predicted octanol–water partition coefficient (Wildman–Crippen LogP) is 3.76. The molecule has 1 heterocycles. The molecule has 2 aromatic carbocycles. The number of carbonyl (C=O) groups excluding carboxylic acids is 2. The van der Waals surface area contributed by atoms with Crippen molar-refractivity contribution >= 4 is 40.2 Å². The van der Waals surface area contributed by atoms with Crippen molar-refractivity contribution < 1.29 is 28.2 Å². The SMILES string of the molecule is O=C(CNCc1cccc(F)c1Cl)N[C@@H](CCCO)COC(=O)Nc1cc2cc(F)ccc2cn1. The van der Waals surface area contributed by atoms with E-state index >= 15 is 0 Å². The van der Waals surface area contributed by atoms with E-state index in [0.717, 1.165) is 0 Å². The summed E-state index contributed by atoms with van der Waals surface area (Å²) in [5.41, 5.74) is 0.515. The van der Waals surface area contributed by atoms with Crippen LogP contribution in [-0.4, -0.2) is 47.9 Å². The van der Waals surface area contributed by atoms with Crippen LogP contribution < -0.4 is 16.0 Å². The zero-order valence-electron chi connectivity index (χ0n) is 18.7. The number of amides is 2. The van der Waals surface area contributed by atoms with E-state index in [2.05, 4.69) is 20.9 Å². The van der Waals surface area contributed by atoms with Gasteiger partial charge in [-0.15, -0.1) is 0 Å². The minimum atomic E-state index is -0.796. The van der Waals surface area contributed by atoms with E-state index in [1.54, 1.807) is 12.1 Å². The van der Waals surface area contributed by atoms with Crippen LogP contribution in [0.15, 0.2) is 48.7 Å². The third-order valence-electron chi connectivity index (χ3n) is 5.04.